The van der Waals surface area contributed by atoms with E-state index in [4.69, 9.17) is 9.47 Å². The zero-order chi connectivity index (χ0) is 29.0. The molecule has 2 aromatic carbocycles. The minimum absolute atomic E-state index is 0.0277. The molecule has 6 rings (SSSR count). The molecule has 0 aromatic heterocycles. The number of rotatable bonds is 5. The van der Waals surface area contributed by atoms with E-state index in [2.05, 4.69) is 13.8 Å². The highest BCUT2D eigenvalue weighted by Gasteiger charge is 2.72. The molecule has 0 saturated heterocycles. The van der Waals surface area contributed by atoms with Crippen LogP contribution in [0.1, 0.15) is 92.9 Å². The minimum Gasteiger partial charge on any atom is -0.459 e. The molecule has 10 atom stereocenters. The summed E-state index contributed by atoms with van der Waals surface area (Å²) in [7, 11) is 0. The summed E-state index contributed by atoms with van der Waals surface area (Å²) in [5, 5.41) is 23.4. The summed E-state index contributed by atoms with van der Waals surface area (Å²) in [5.41, 5.74) is -0.876. The van der Waals surface area contributed by atoms with Gasteiger partial charge in [-0.1, -0.05) is 50.2 Å². The molecule has 4 aliphatic carbocycles. The van der Waals surface area contributed by atoms with E-state index < -0.39 is 23.2 Å². The van der Waals surface area contributed by atoms with Crippen molar-refractivity contribution < 1.29 is 29.3 Å². The fraction of sp³-hybridized carbons (Fsp3) is 0.600. The van der Waals surface area contributed by atoms with Crippen LogP contribution in [0, 0.1) is 34.5 Å². The first-order valence-electron chi connectivity index (χ1n) is 15.5. The maximum Gasteiger partial charge on any atom is 0.338 e. The molecule has 0 bridgehead atoms. The molecule has 0 amide bonds. The third-order valence-corrected chi connectivity index (χ3v) is 12.1. The lowest BCUT2D eigenvalue weighted by atomic mass is 9.42. The average Bonchev–Trinajstić information content (AvgIpc) is 3.26. The van der Waals surface area contributed by atoms with Gasteiger partial charge in [-0.05, 0) is 106 Å². The van der Waals surface area contributed by atoms with E-state index in [0.717, 1.165) is 32.1 Å². The number of aliphatic hydroxyl groups is 2. The van der Waals surface area contributed by atoms with Crippen molar-refractivity contribution in [1.82, 2.24) is 0 Å². The normalized spacial score (nSPS) is 40.4. The van der Waals surface area contributed by atoms with Gasteiger partial charge < -0.3 is 19.7 Å². The average molecular weight is 561 g/mol. The number of fused-ring (bicyclic) bond motifs is 5. The lowest BCUT2D eigenvalue weighted by molar-refractivity contribution is -0.252. The van der Waals surface area contributed by atoms with Gasteiger partial charge in [-0.2, -0.15) is 0 Å². The lowest BCUT2D eigenvalue weighted by Gasteiger charge is -2.65. The third-order valence-electron chi connectivity index (χ3n) is 12.1. The molecule has 0 spiro atoms. The van der Waals surface area contributed by atoms with Gasteiger partial charge >= 0.3 is 11.9 Å². The van der Waals surface area contributed by atoms with Crippen molar-refractivity contribution in [1.29, 1.82) is 0 Å². The molecule has 6 heteroatoms. The van der Waals surface area contributed by atoms with Crippen molar-refractivity contribution in [3.05, 3.63) is 71.8 Å². The number of aliphatic hydroxyl groups excluding tert-OH is 1. The number of hydrogen-bond donors (Lipinski definition) is 2. The van der Waals surface area contributed by atoms with Gasteiger partial charge in [0.05, 0.1) is 22.8 Å². The minimum atomic E-state index is -1.06. The Balaban J connectivity index is 1.35. The SMILES string of the molecule is CC(OC(=O)c1ccccc1)C1CCC2(O)C3CCC4CC(O)CCC4(C)C3CC(OC(=O)c3ccccc3)C12C. The van der Waals surface area contributed by atoms with E-state index in [1.807, 2.05) is 43.3 Å². The second kappa shape index (κ2) is 10.5. The van der Waals surface area contributed by atoms with E-state index in [1.54, 1.807) is 24.3 Å². The smallest absolute Gasteiger partial charge is 0.338 e. The summed E-state index contributed by atoms with van der Waals surface area (Å²) in [6.07, 6.45) is 5.07. The molecular formula is C35H44O6. The van der Waals surface area contributed by atoms with E-state index >= 15 is 0 Å². The Morgan fingerprint density at radius 2 is 1.46 bits per heavy atom. The first-order valence-corrected chi connectivity index (χ1v) is 15.5. The van der Waals surface area contributed by atoms with Crippen LogP contribution < -0.4 is 0 Å². The molecule has 2 N–H and O–H groups in total. The first kappa shape index (κ1) is 28.4. The van der Waals surface area contributed by atoms with Crippen molar-refractivity contribution in [2.45, 2.75) is 96.1 Å². The van der Waals surface area contributed by atoms with Crippen LogP contribution in [0.2, 0.25) is 0 Å². The monoisotopic (exact) mass is 560 g/mol. The van der Waals surface area contributed by atoms with Gasteiger partial charge in [-0.25, -0.2) is 9.59 Å². The van der Waals surface area contributed by atoms with Crippen LogP contribution in [0.4, 0.5) is 0 Å². The second-order valence-electron chi connectivity index (χ2n) is 13.7. The summed E-state index contributed by atoms with van der Waals surface area (Å²) >= 11 is 0. The van der Waals surface area contributed by atoms with Gasteiger partial charge in [-0.15, -0.1) is 0 Å². The van der Waals surface area contributed by atoms with Crippen LogP contribution in [0.15, 0.2) is 60.7 Å². The molecule has 2 aromatic rings. The maximum absolute atomic E-state index is 13.5. The highest BCUT2D eigenvalue weighted by Crippen LogP contribution is 2.70. The Morgan fingerprint density at radius 3 is 2.12 bits per heavy atom. The van der Waals surface area contributed by atoms with E-state index in [0.29, 0.717) is 36.3 Å². The Kier molecular flexibility index (Phi) is 7.30. The zero-order valence-corrected chi connectivity index (χ0v) is 24.5. The fourth-order valence-electron chi connectivity index (χ4n) is 9.78. The highest BCUT2D eigenvalue weighted by molar-refractivity contribution is 5.90. The molecule has 41 heavy (non-hydrogen) atoms. The van der Waals surface area contributed by atoms with Gasteiger partial charge in [0, 0.05) is 11.3 Å². The highest BCUT2D eigenvalue weighted by atomic mass is 16.6. The van der Waals surface area contributed by atoms with Gasteiger partial charge in [0.15, 0.2) is 0 Å². The van der Waals surface area contributed by atoms with Gasteiger partial charge in [0.1, 0.15) is 12.2 Å². The summed E-state index contributed by atoms with van der Waals surface area (Å²) in [6, 6.07) is 18.1. The number of ether oxygens (including phenoxy) is 2. The molecular weight excluding hydrogens is 516 g/mol. The quantitative estimate of drug-likeness (QED) is 0.423. The number of hydrogen-bond acceptors (Lipinski definition) is 6. The zero-order valence-electron chi connectivity index (χ0n) is 24.5. The Hall–Kier alpha value is -2.70. The molecule has 4 saturated carbocycles. The van der Waals surface area contributed by atoms with Crippen molar-refractivity contribution in [2.75, 3.05) is 0 Å². The van der Waals surface area contributed by atoms with Gasteiger partial charge in [0.2, 0.25) is 0 Å². The molecule has 0 radical (unpaired) electrons. The van der Waals surface area contributed by atoms with Gasteiger partial charge in [0.25, 0.3) is 0 Å². The fourth-order valence-corrected chi connectivity index (χ4v) is 9.78. The van der Waals surface area contributed by atoms with E-state index in [9.17, 15) is 19.8 Å². The molecule has 0 heterocycles. The predicted octanol–water partition coefficient (Wildman–Crippen LogP) is 6.20. The summed E-state index contributed by atoms with van der Waals surface area (Å²) in [6.45, 7) is 6.35. The second-order valence-corrected chi connectivity index (χ2v) is 13.7. The molecule has 10 unspecified atom stereocenters. The largest absolute Gasteiger partial charge is 0.459 e. The molecule has 4 fully saturated rings. The molecule has 4 aliphatic rings. The Labute approximate surface area is 243 Å². The Bertz CT molecular complexity index is 1260. The van der Waals surface area contributed by atoms with Crippen LogP contribution in [-0.2, 0) is 9.47 Å². The van der Waals surface area contributed by atoms with Crippen LogP contribution >= 0.6 is 0 Å². The lowest BCUT2D eigenvalue weighted by Crippen LogP contribution is -2.68. The molecule has 6 nitrogen and oxygen atoms in total. The van der Waals surface area contributed by atoms with Crippen molar-refractivity contribution in [2.24, 2.45) is 34.5 Å². The van der Waals surface area contributed by atoms with Crippen molar-refractivity contribution in [3.63, 3.8) is 0 Å². The molecule has 220 valence electrons. The third kappa shape index (κ3) is 4.53. The van der Waals surface area contributed by atoms with E-state index in [1.165, 1.54) is 0 Å². The Morgan fingerprint density at radius 1 is 0.829 bits per heavy atom. The maximum atomic E-state index is 13.5. The van der Waals surface area contributed by atoms with Gasteiger partial charge in [-0.3, -0.25) is 0 Å². The van der Waals surface area contributed by atoms with Crippen LogP contribution in [0.3, 0.4) is 0 Å². The first-order chi connectivity index (χ1) is 19.6. The number of carbonyl (C=O) groups is 2. The summed E-state index contributed by atoms with van der Waals surface area (Å²) in [5.74, 6) is -0.285. The van der Waals surface area contributed by atoms with E-state index in [-0.39, 0.29) is 41.2 Å². The van der Waals surface area contributed by atoms with Crippen molar-refractivity contribution in [3.8, 4) is 0 Å². The standard InChI is InChI=1S/C35H44O6/c1-22(40-31(37)23-10-6-4-7-11-23)27-17-19-35(39)28-15-14-25-20-26(36)16-18-33(25,2)29(28)21-30(34(27,35)3)41-32(38)24-12-8-5-9-13-24/h4-13,22,25-30,36,39H,14-21H2,1-3H3. The summed E-state index contributed by atoms with van der Waals surface area (Å²) in [4.78, 5) is 26.6. The van der Waals surface area contributed by atoms with Crippen LogP contribution in [0.5, 0.6) is 0 Å². The predicted molar refractivity (Wildman–Crippen MR) is 155 cm³/mol. The van der Waals surface area contributed by atoms with Crippen LogP contribution in [-0.4, -0.2) is 46.1 Å². The topological polar surface area (TPSA) is 93.1 Å². The molecule has 0 aliphatic heterocycles. The van der Waals surface area contributed by atoms with Crippen molar-refractivity contribution >= 4 is 11.9 Å². The number of carbonyl (C=O) groups excluding carboxylic acids is 2. The number of benzene rings is 2. The van der Waals surface area contributed by atoms with Crippen LogP contribution in [0.25, 0.3) is 0 Å². The summed E-state index contributed by atoms with van der Waals surface area (Å²) < 4.78 is 12.5. The number of esters is 2.